The Morgan fingerprint density at radius 2 is 1.84 bits per heavy atom. The van der Waals surface area contributed by atoms with E-state index in [1.54, 1.807) is 31.1 Å². The van der Waals surface area contributed by atoms with Gasteiger partial charge in [-0.3, -0.25) is 14.6 Å². The first kappa shape index (κ1) is 15.1. The Hall–Kier alpha value is -1.91. The van der Waals surface area contributed by atoms with Crippen molar-refractivity contribution in [3.63, 3.8) is 0 Å². The van der Waals surface area contributed by atoms with E-state index in [-0.39, 0.29) is 5.91 Å². The van der Waals surface area contributed by atoms with Gasteiger partial charge in [0.2, 0.25) is 5.91 Å². The number of carboxylic acid groups (broad SMARTS) is 1. The van der Waals surface area contributed by atoms with Crippen molar-refractivity contribution in [2.24, 2.45) is 11.8 Å². The van der Waals surface area contributed by atoms with Gasteiger partial charge >= 0.3 is 5.97 Å². The predicted octanol–water partition coefficient (Wildman–Crippen LogP) is 1.79. The van der Waals surface area contributed by atoms with Gasteiger partial charge in [-0.1, -0.05) is 13.8 Å². The minimum atomic E-state index is -0.944. The molecule has 2 unspecified atom stereocenters. The summed E-state index contributed by atoms with van der Waals surface area (Å²) in [5, 5.41) is 8.97. The average molecular weight is 264 g/mol. The molecule has 1 aromatic heterocycles. The molecule has 0 aliphatic carbocycles. The molecule has 0 spiro atoms. The summed E-state index contributed by atoms with van der Waals surface area (Å²) in [6.45, 7) is 6.14. The molecule has 0 aromatic carbocycles. The Morgan fingerprint density at radius 3 is 2.32 bits per heavy atom. The second kappa shape index (κ2) is 6.87. The molecule has 0 saturated heterocycles. The van der Waals surface area contributed by atoms with Crippen molar-refractivity contribution in [2.75, 3.05) is 6.54 Å². The molecule has 0 aliphatic heterocycles. The molecule has 0 radical (unpaired) electrons. The molecule has 5 nitrogen and oxygen atoms in total. The van der Waals surface area contributed by atoms with E-state index in [9.17, 15) is 9.59 Å². The Bertz CT molecular complexity index is 434. The molecule has 1 N–H and O–H groups in total. The summed E-state index contributed by atoms with van der Waals surface area (Å²) in [5.74, 6) is -2.28. The third-order valence-corrected chi connectivity index (χ3v) is 3.35. The summed E-state index contributed by atoms with van der Waals surface area (Å²) in [6, 6.07) is 3.70. The van der Waals surface area contributed by atoms with Crippen LogP contribution in [0.5, 0.6) is 0 Å². The van der Waals surface area contributed by atoms with Gasteiger partial charge < -0.3 is 10.0 Å². The van der Waals surface area contributed by atoms with E-state index in [1.165, 1.54) is 0 Å². The van der Waals surface area contributed by atoms with E-state index in [1.807, 2.05) is 19.1 Å². The minimum Gasteiger partial charge on any atom is -0.481 e. The summed E-state index contributed by atoms with van der Waals surface area (Å²) >= 11 is 0. The van der Waals surface area contributed by atoms with Crippen LogP contribution in [0.3, 0.4) is 0 Å². The van der Waals surface area contributed by atoms with Crippen molar-refractivity contribution in [2.45, 2.75) is 27.3 Å². The first-order valence-electron chi connectivity index (χ1n) is 6.37. The summed E-state index contributed by atoms with van der Waals surface area (Å²) in [5.41, 5.74) is 0.986. The second-order valence-corrected chi connectivity index (χ2v) is 4.62. The number of pyridine rings is 1. The van der Waals surface area contributed by atoms with Gasteiger partial charge in [0.15, 0.2) is 0 Å². The molecule has 1 aromatic rings. The fourth-order valence-electron chi connectivity index (χ4n) is 1.77. The van der Waals surface area contributed by atoms with Crippen LogP contribution in [-0.2, 0) is 16.1 Å². The Morgan fingerprint density at radius 1 is 1.26 bits per heavy atom. The zero-order valence-corrected chi connectivity index (χ0v) is 11.5. The standard InChI is InChI=1S/C14H20N2O3/c1-4-16(9-12-5-7-15-8-6-12)13(17)10(2)11(3)14(18)19/h5-8,10-11H,4,9H2,1-3H3,(H,18,19). The van der Waals surface area contributed by atoms with Crippen molar-refractivity contribution in [3.8, 4) is 0 Å². The maximum atomic E-state index is 12.3. The highest BCUT2D eigenvalue weighted by atomic mass is 16.4. The Balaban J connectivity index is 2.74. The van der Waals surface area contributed by atoms with Gasteiger partial charge in [-0.05, 0) is 24.6 Å². The summed E-state index contributed by atoms with van der Waals surface area (Å²) < 4.78 is 0. The molecule has 1 rings (SSSR count). The number of aromatic nitrogens is 1. The topological polar surface area (TPSA) is 70.5 Å². The predicted molar refractivity (Wildman–Crippen MR) is 71.3 cm³/mol. The van der Waals surface area contributed by atoms with E-state index < -0.39 is 17.8 Å². The molecule has 0 aliphatic rings. The highest BCUT2D eigenvalue weighted by Gasteiger charge is 2.28. The van der Waals surface area contributed by atoms with Crippen LogP contribution in [0, 0.1) is 11.8 Å². The fraction of sp³-hybridized carbons (Fsp3) is 0.500. The normalized spacial score (nSPS) is 13.6. The SMILES string of the molecule is CCN(Cc1ccncc1)C(=O)C(C)C(C)C(=O)O. The number of carboxylic acids is 1. The zero-order chi connectivity index (χ0) is 14.4. The lowest BCUT2D eigenvalue weighted by molar-refractivity contribution is -0.149. The molecule has 0 bridgehead atoms. The number of hydrogen-bond donors (Lipinski definition) is 1. The number of aliphatic carboxylic acids is 1. The van der Waals surface area contributed by atoms with Gasteiger partial charge in [0.1, 0.15) is 0 Å². The Kier molecular flexibility index (Phi) is 5.48. The van der Waals surface area contributed by atoms with E-state index in [4.69, 9.17) is 5.11 Å². The molecule has 2 atom stereocenters. The third kappa shape index (κ3) is 4.05. The monoisotopic (exact) mass is 264 g/mol. The number of carbonyl (C=O) groups excluding carboxylic acids is 1. The maximum absolute atomic E-state index is 12.3. The van der Waals surface area contributed by atoms with Crippen molar-refractivity contribution >= 4 is 11.9 Å². The molecule has 19 heavy (non-hydrogen) atoms. The van der Waals surface area contributed by atoms with Gasteiger partial charge in [-0.2, -0.15) is 0 Å². The third-order valence-electron chi connectivity index (χ3n) is 3.35. The molecule has 1 heterocycles. The van der Waals surface area contributed by atoms with Crippen molar-refractivity contribution < 1.29 is 14.7 Å². The first-order chi connectivity index (χ1) is 8.97. The fourth-order valence-corrected chi connectivity index (χ4v) is 1.77. The number of amides is 1. The summed E-state index contributed by atoms with van der Waals surface area (Å²) in [6.07, 6.45) is 3.36. The van der Waals surface area contributed by atoms with Crippen LogP contribution >= 0.6 is 0 Å². The Labute approximate surface area is 113 Å². The van der Waals surface area contributed by atoms with Crippen LogP contribution in [0.2, 0.25) is 0 Å². The van der Waals surface area contributed by atoms with Crippen LogP contribution in [-0.4, -0.2) is 33.4 Å². The number of nitrogens with zero attached hydrogens (tertiary/aromatic N) is 2. The van der Waals surface area contributed by atoms with Crippen molar-refractivity contribution in [1.29, 1.82) is 0 Å². The van der Waals surface area contributed by atoms with Crippen molar-refractivity contribution in [1.82, 2.24) is 9.88 Å². The second-order valence-electron chi connectivity index (χ2n) is 4.62. The lowest BCUT2D eigenvalue weighted by Crippen LogP contribution is -2.38. The van der Waals surface area contributed by atoms with E-state index >= 15 is 0 Å². The minimum absolute atomic E-state index is 0.130. The van der Waals surface area contributed by atoms with Crippen LogP contribution in [0.1, 0.15) is 26.3 Å². The van der Waals surface area contributed by atoms with Gasteiger partial charge in [-0.15, -0.1) is 0 Å². The molecule has 104 valence electrons. The number of carbonyl (C=O) groups is 2. The lowest BCUT2D eigenvalue weighted by atomic mass is 9.94. The van der Waals surface area contributed by atoms with Crippen LogP contribution in [0.25, 0.3) is 0 Å². The molecular formula is C14H20N2O3. The molecular weight excluding hydrogens is 244 g/mol. The molecule has 0 saturated carbocycles. The summed E-state index contributed by atoms with van der Waals surface area (Å²) in [4.78, 5) is 28.8. The van der Waals surface area contributed by atoms with Crippen LogP contribution < -0.4 is 0 Å². The molecule has 0 fully saturated rings. The number of hydrogen-bond acceptors (Lipinski definition) is 3. The van der Waals surface area contributed by atoms with Gasteiger partial charge in [0, 0.05) is 31.4 Å². The van der Waals surface area contributed by atoms with Crippen LogP contribution in [0.4, 0.5) is 0 Å². The zero-order valence-electron chi connectivity index (χ0n) is 11.5. The highest BCUT2D eigenvalue weighted by molar-refractivity contribution is 5.84. The van der Waals surface area contributed by atoms with Crippen molar-refractivity contribution in [3.05, 3.63) is 30.1 Å². The smallest absolute Gasteiger partial charge is 0.307 e. The van der Waals surface area contributed by atoms with Gasteiger partial charge in [-0.25, -0.2) is 0 Å². The highest BCUT2D eigenvalue weighted by Crippen LogP contribution is 2.16. The van der Waals surface area contributed by atoms with E-state index in [2.05, 4.69) is 4.98 Å². The first-order valence-corrected chi connectivity index (χ1v) is 6.37. The largest absolute Gasteiger partial charge is 0.481 e. The van der Waals surface area contributed by atoms with Gasteiger partial charge in [0.05, 0.1) is 5.92 Å². The van der Waals surface area contributed by atoms with Crippen LogP contribution in [0.15, 0.2) is 24.5 Å². The average Bonchev–Trinajstić information content (AvgIpc) is 2.43. The van der Waals surface area contributed by atoms with E-state index in [0.29, 0.717) is 13.1 Å². The molecule has 5 heteroatoms. The molecule has 1 amide bonds. The quantitative estimate of drug-likeness (QED) is 0.850. The summed E-state index contributed by atoms with van der Waals surface area (Å²) in [7, 11) is 0. The van der Waals surface area contributed by atoms with E-state index in [0.717, 1.165) is 5.56 Å². The van der Waals surface area contributed by atoms with Gasteiger partial charge in [0.25, 0.3) is 0 Å². The maximum Gasteiger partial charge on any atom is 0.307 e. The lowest BCUT2D eigenvalue weighted by Gasteiger charge is -2.26. The number of rotatable bonds is 6.